The Morgan fingerprint density at radius 2 is 1.85 bits per heavy atom. The third-order valence-electron chi connectivity index (χ3n) is 3.89. The van der Waals surface area contributed by atoms with Crippen LogP contribution in [0.2, 0.25) is 0 Å². The number of aromatic nitrogens is 1. The molecular weight excluding hydrogens is 364 g/mol. The van der Waals surface area contributed by atoms with Crippen LogP contribution in [0.1, 0.15) is 16.7 Å². The van der Waals surface area contributed by atoms with Crippen molar-refractivity contribution in [2.45, 2.75) is 26.0 Å². The molecular formula is C20H20N2O4S. The van der Waals surface area contributed by atoms with E-state index in [9.17, 15) is 9.59 Å². The molecule has 0 saturated heterocycles. The summed E-state index contributed by atoms with van der Waals surface area (Å²) in [6, 6.07) is 11.3. The molecule has 1 N–H and O–H groups in total. The summed E-state index contributed by atoms with van der Waals surface area (Å²) in [5.74, 6) is -0.858. The maximum atomic E-state index is 12.1. The number of carbonyl (C=O) groups excluding carboxylic acids is 2. The molecule has 7 heteroatoms. The van der Waals surface area contributed by atoms with Crippen LogP contribution in [-0.4, -0.2) is 29.2 Å². The van der Waals surface area contributed by atoms with Crippen LogP contribution in [0.25, 0.3) is 11.1 Å². The van der Waals surface area contributed by atoms with Gasteiger partial charge in [-0.05, 0) is 44.0 Å². The number of hydrogen-bond acceptors (Lipinski definition) is 6. The van der Waals surface area contributed by atoms with E-state index in [4.69, 9.17) is 9.15 Å². The average molecular weight is 384 g/mol. The number of ether oxygens (including phenoxy) is 1. The van der Waals surface area contributed by atoms with Gasteiger partial charge in [0.1, 0.15) is 11.3 Å². The second kappa shape index (κ2) is 8.26. The van der Waals surface area contributed by atoms with Gasteiger partial charge in [0, 0.05) is 5.69 Å². The summed E-state index contributed by atoms with van der Waals surface area (Å²) in [5.41, 5.74) is 5.22. The molecule has 0 aliphatic carbocycles. The SMILES string of the molecule is Cc1cc(C)c(NC(=O)COC(=O)CSc2nc3ccccc3o2)c(C)c1. The van der Waals surface area contributed by atoms with Crippen LogP contribution in [0, 0.1) is 20.8 Å². The van der Waals surface area contributed by atoms with Crippen LogP contribution in [0.4, 0.5) is 5.69 Å². The Balaban J connectivity index is 1.48. The first-order valence-electron chi connectivity index (χ1n) is 8.44. The zero-order valence-corrected chi connectivity index (χ0v) is 16.2. The number of anilines is 1. The monoisotopic (exact) mass is 384 g/mol. The van der Waals surface area contributed by atoms with Crippen molar-refractivity contribution in [2.24, 2.45) is 0 Å². The van der Waals surface area contributed by atoms with Crippen molar-refractivity contribution in [3.63, 3.8) is 0 Å². The third-order valence-corrected chi connectivity index (χ3v) is 4.70. The highest BCUT2D eigenvalue weighted by Gasteiger charge is 2.13. The molecule has 1 amide bonds. The molecule has 1 aromatic heterocycles. The van der Waals surface area contributed by atoms with Gasteiger partial charge in [-0.15, -0.1) is 0 Å². The number of nitrogens with zero attached hydrogens (tertiary/aromatic N) is 1. The Morgan fingerprint density at radius 3 is 2.56 bits per heavy atom. The van der Waals surface area contributed by atoms with E-state index < -0.39 is 5.97 Å². The standard InChI is InChI=1S/C20H20N2O4S/c1-12-8-13(2)19(14(3)9-12)22-17(23)10-25-18(24)11-27-20-21-15-6-4-5-7-16(15)26-20/h4-9H,10-11H2,1-3H3,(H,22,23). The molecule has 1 heterocycles. The number of esters is 1. The summed E-state index contributed by atoms with van der Waals surface area (Å²) in [5, 5.41) is 3.19. The fourth-order valence-corrected chi connectivity index (χ4v) is 3.41. The molecule has 0 bridgehead atoms. The Bertz CT molecular complexity index is 941. The van der Waals surface area contributed by atoms with Crippen LogP contribution in [-0.2, 0) is 14.3 Å². The number of nitrogens with one attached hydrogen (secondary N) is 1. The van der Waals surface area contributed by atoms with Crippen LogP contribution in [0.5, 0.6) is 0 Å². The second-order valence-electron chi connectivity index (χ2n) is 6.22. The third kappa shape index (κ3) is 4.89. The molecule has 3 rings (SSSR count). The first kappa shape index (κ1) is 19.0. The molecule has 3 aromatic rings. The molecule has 0 atom stereocenters. The highest BCUT2D eigenvalue weighted by Crippen LogP contribution is 2.23. The lowest BCUT2D eigenvalue weighted by Gasteiger charge is -2.12. The summed E-state index contributed by atoms with van der Waals surface area (Å²) < 4.78 is 10.6. The van der Waals surface area contributed by atoms with E-state index >= 15 is 0 Å². The summed E-state index contributed by atoms with van der Waals surface area (Å²) >= 11 is 1.13. The number of fused-ring (bicyclic) bond motifs is 1. The maximum absolute atomic E-state index is 12.1. The normalized spacial score (nSPS) is 10.8. The number of hydrogen-bond donors (Lipinski definition) is 1. The van der Waals surface area contributed by atoms with Crippen LogP contribution < -0.4 is 5.32 Å². The fraction of sp³-hybridized carbons (Fsp3) is 0.250. The first-order valence-corrected chi connectivity index (χ1v) is 9.42. The molecule has 0 spiro atoms. The van der Waals surface area contributed by atoms with E-state index in [0.717, 1.165) is 39.7 Å². The van der Waals surface area contributed by atoms with Crippen LogP contribution in [0.3, 0.4) is 0 Å². The number of thioether (sulfide) groups is 1. The van der Waals surface area contributed by atoms with E-state index in [0.29, 0.717) is 10.8 Å². The minimum absolute atomic E-state index is 0.0166. The zero-order chi connectivity index (χ0) is 19.4. The van der Waals surface area contributed by atoms with E-state index in [1.165, 1.54) is 0 Å². The Hall–Kier alpha value is -2.80. The first-order chi connectivity index (χ1) is 12.9. The van der Waals surface area contributed by atoms with Gasteiger partial charge in [0.25, 0.3) is 11.1 Å². The lowest BCUT2D eigenvalue weighted by molar-refractivity contribution is -0.144. The molecule has 0 radical (unpaired) electrons. The van der Waals surface area contributed by atoms with Gasteiger partial charge in [-0.2, -0.15) is 0 Å². The Labute approximate surface area is 161 Å². The van der Waals surface area contributed by atoms with Gasteiger partial charge in [-0.25, -0.2) is 4.98 Å². The minimum atomic E-state index is -0.505. The molecule has 2 aromatic carbocycles. The second-order valence-corrected chi connectivity index (χ2v) is 7.15. The minimum Gasteiger partial charge on any atom is -0.455 e. The van der Waals surface area contributed by atoms with Crippen molar-refractivity contribution in [1.29, 1.82) is 0 Å². The Kier molecular flexibility index (Phi) is 5.81. The predicted molar refractivity (Wildman–Crippen MR) is 105 cm³/mol. The highest BCUT2D eigenvalue weighted by molar-refractivity contribution is 7.99. The highest BCUT2D eigenvalue weighted by atomic mass is 32.2. The molecule has 27 heavy (non-hydrogen) atoms. The molecule has 0 saturated carbocycles. The van der Waals surface area contributed by atoms with Crippen molar-refractivity contribution < 1.29 is 18.7 Å². The lowest BCUT2D eigenvalue weighted by atomic mass is 10.1. The van der Waals surface area contributed by atoms with Gasteiger partial charge in [0.05, 0.1) is 0 Å². The van der Waals surface area contributed by atoms with Gasteiger partial charge in [0.15, 0.2) is 12.2 Å². The van der Waals surface area contributed by atoms with E-state index in [-0.39, 0.29) is 18.3 Å². The number of carbonyl (C=O) groups is 2. The van der Waals surface area contributed by atoms with Gasteiger partial charge in [0.2, 0.25) is 0 Å². The van der Waals surface area contributed by atoms with Crippen molar-refractivity contribution in [1.82, 2.24) is 4.98 Å². The summed E-state index contributed by atoms with van der Waals surface area (Å²) in [6.07, 6.45) is 0. The van der Waals surface area contributed by atoms with Crippen LogP contribution >= 0.6 is 11.8 Å². The predicted octanol–water partition coefficient (Wildman–Crippen LogP) is 4.03. The molecule has 0 unspecified atom stereocenters. The number of oxazole rings is 1. The lowest BCUT2D eigenvalue weighted by Crippen LogP contribution is -2.22. The largest absolute Gasteiger partial charge is 0.455 e. The number of benzene rings is 2. The van der Waals surface area contributed by atoms with E-state index in [2.05, 4.69) is 10.3 Å². The number of rotatable bonds is 6. The summed E-state index contributed by atoms with van der Waals surface area (Å²) in [4.78, 5) is 28.2. The molecule has 0 aliphatic heterocycles. The van der Waals surface area contributed by atoms with Crippen molar-refractivity contribution in [3.05, 3.63) is 53.1 Å². The molecule has 6 nitrogen and oxygen atoms in total. The topological polar surface area (TPSA) is 81.4 Å². The number of amides is 1. The van der Waals surface area contributed by atoms with Crippen LogP contribution in [0.15, 0.2) is 46.0 Å². The van der Waals surface area contributed by atoms with Gasteiger partial charge in [-0.1, -0.05) is 41.6 Å². The Morgan fingerprint density at radius 1 is 1.15 bits per heavy atom. The van der Waals surface area contributed by atoms with Crippen molar-refractivity contribution in [2.75, 3.05) is 17.7 Å². The smallest absolute Gasteiger partial charge is 0.316 e. The van der Waals surface area contributed by atoms with Crippen molar-refractivity contribution in [3.8, 4) is 0 Å². The van der Waals surface area contributed by atoms with Crippen molar-refractivity contribution >= 4 is 40.4 Å². The molecule has 0 fully saturated rings. The molecule has 0 aliphatic rings. The molecule has 140 valence electrons. The van der Waals surface area contributed by atoms with Gasteiger partial charge >= 0.3 is 5.97 Å². The van der Waals surface area contributed by atoms with Gasteiger partial charge in [-0.3, -0.25) is 9.59 Å². The quantitative estimate of drug-likeness (QED) is 0.510. The summed E-state index contributed by atoms with van der Waals surface area (Å²) in [6.45, 7) is 5.53. The maximum Gasteiger partial charge on any atom is 0.316 e. The van der Waals surface area contributed by atoms with E-state index in [1.807, 2.05) is 57.2 Å². The van der Waals surface area contributed by atoms with E-state index in [1.54, 1.807) is 0 Å². The van der Waals surface area contributed by atoms with Gasteiger partial charge < -0.3 is 14.5 Å². The average Bonchev–Trinajstić information content (AvgIpc) is 3.04. The fourth-order valence-electron chi connectivity index (χ4n) is 2.77. The zero-order valence-electron chi connectivity index (χ0n) is 15.4. The summed E-state index contributed by atoms with van der Waals surface area (Å²) in [7, 11) is 0. The number of para-hydroxylation sites is 2. The number of aryl methyl sites for hydroxylation is 3.